The Hall–Kier alpha value is -1.82. The van der Waals surface area contributed by atoms with E-state index >= 15 is 0 Å². The molecular formula is C20H22ClN3OS. The van der Waals surface area contributed by atoms with E-state index in [1.807, 2.05) is 35.6 Å². The molecule has 1 aliphatic rings. The van der Waals surface area contributed by atoms with E-state index in [4.69, 9.17) is 11.6 Å². The van der Waals surface area contributed by atoms with E-state index in [0.717, 1.165) is 49.9 Å². The van der Waals surface area contributed by atoms with Gasteiger partial charge in [0.05, 0.1) is 0 Å². The Bertz CT molecular complexity index is 882. The summed E-state index contributed by atoms with van der Waals surface area (Å²) in [5.41, 5.74) is 1.49. The van der Waals surface area contributed by atoms with Crippen LogP contribution in [0.25, 0.3) is 10.9 Å². The highest BCUT2D eigenvalue weighted by Crippen LogP contribution is 2.22. The number of halogens is 1. The topological polar surface area (TPSA) is 48.1 Å². The number of carbonyl (C=O) groups is 1. The maximum atomic E-state index is 12.4. The second-order valence-electron chi connectivity index (χ2n) is 6.92. The van der Waals surface area contributed by atoms with Crippen LogP contribution in [0, 0.1) is 5.92 Å². The molecule has 0 aliphatic carbocycles. The minimum absolute atomic E-state index is 0.0432. The molecule has 0 saturated carbocycles. The summed E-state index contributed by atoms with van der Waals surface area (Å²) in [7, 11) is 0. The highest BCUT2D eigenvalue weighted by Gasteiger charge is 2.20. The summed E-state index contributed by atoms with van der Waals surface area (Å²) in [6.07, 6.45) is 2.27. The van der Waals surface area contributed by atoms with Crippen molar-refractivity contribution in [2.45, 2.75) is 19.4 Å². The van der Waals surface area contributed by atoms with E-state index in [1.165, 1.54) is 4.88 Å². The fourth-order valence-electron chi connectivity index (χ4n) is 3.53. The summed E-state index contributed by atoms with van der Waals surface area (Å²) >= 11 is 7.82. The molecule has 0 bridgehead atoms. The number of nitrogens with zero attached hydrogens (tertiary/aromatic N) is 1. The predicted molar refractivity (Wildman–Crippen MR) is 108 cm³/mol. The van der Waals surface area contributed by atoms with Gasteiger partial charge in [-0.1, -0.05) is 23.7 Å². The summed E-state index contributed by atoms with van der Waals surface area (Å²) in [6, 6.07) is 11.8. The maximum Gasteiger partial charge on any atom is 0.267 e. The van der Waals surface area contributed by atoms with Gasteiger partial charge in [0.25, 0.3) is 5.91 Å². The third-order valence-electron chi connectivity index (χ3n) is 5.05. The minimum atomic E-state index is -0.0432. The van der Waals surface area contributed by atoms with Gasteiger partial charge >= 0.3 is 0 Å². The molecule has 3 heterocycles. The Balaban J connectivity index is 1.26. The Morgan fingerprint density at radius 1 is 1.27 bits per heavy atom. The number of aromatic amines is 1. The van der Waals surface area contributed by atoms with Crippen LogP contribution in [0.1, 0.15) is 28.2 Å². The minimum Gasteiger partial charge on any atom is -0.350 e. The first-order valence-corrected chi connectivity index (χ1v) is 10.2. The quantitative estimate of drug-likeness (QED) is 0.675. The SMILES string of the molecule is O=C(NCC1CCN(Cc2cccs2)CC1)c1cc2ccc(Cl)cc2[nH]1. The lowest BCUT2D eigenvalue weighted by Gasteiger charge is -2.31. The standard InChI is InChI=1S/C20H22ClN3OS/c21-16-4-3-15-10-19(23-18(15)11-16)20(25)22-12-14-5-7-24(8-6-14)13-17-2-1-9-26-17/h1-4,9-11,14,23H,5-8,12-13H2,(H,22,25). The maximum absolute atomic E-state index is 12.4. The average molecular weight is 388 g/mol. The molecule has 6 heteroatoms. The summed E-state index contributed by atoms with van der Waals surface area (Å²) in [6.45, 7) is 3.99. The smallest absolute Gasteiger partial charge is 0.267 e. The van der Waals surface area contributed by atoms with E-state index in [-0.39, 0.29) is 5.91 Å². The van der Waals surface area contributed by atoms with Crippen LogP contribution < -0.4 is 5.32 Å². The molecule has 26 heavy (non-hydrogen) atoms. The molecule has 0 atom stereocenters. The lowest BCUT2D eigenvalue weighted by Crippen LogP contribution is -2.38. The molecule has 0 unspecified atom stereocenters. The van der Waals surface area contributed by atoms with Crippen LogP contribution in [0.5, 0.6) is 0 Å². The number of hydrogen-bond donors (Lipinski definition) is 2. The van der Waals surface area contributed by atoms with Gasteiger partial charge < -0.3 is 10.3 Å². The average Bonchev–Trinajstić information content (AvgIpc) is 3.30. The number of hydrogen-bond acceptors (Lipinski definition) is 3. The van der Waals surface area contributed by atoms with Gasteiger partial charge in [0.15, 0.2) is 0 Å². The van der Waals surface area contributed by atoms with Crippen molar-refractivity contribution < 1.29 is 4.79 Å². The predicted octanol–water partition coefficient (Wildman–Crippen LogP) is 4.52. The highest BCUT2D eigenvalue weighted by molar-refractivity contribution is 7.09. The van der Waals surface area contributed by atoms with E-state index in [1.54, 1.807) is 0 Å². The van der Waals surface area contributed by atoms with Crippen LogP contribution in [-0.4, -0.2) is 35.4 Å². The molecule has 0 spiro atoms. The number of rotatable bonds is 5. The number of piperidine rings is 1. The van der Waals surface area contributed by atoms with Crippen LogP contribution in [-0.2, 0) is 6.54 Å². The summed E-state index contributed by atoms with van der Waals surface area (Å²) < 4.78 is 0. The zero-order chi connectivity index (χ0) is 17.9. The van der Waals surface area contributed by atoms with Gasteiger partial charge in [0.2, 0.25) is 0 Å². The number of likely N-dealkylation sites (tertiary alicyclic amines) is 1. The second kappa shape index (κ2) is 7.82. The Morgan fingerprint density at radius 3 is 2.88 bits per heavy atom. The van der Waals surface area contributed by atoms with Crippen molar-refractivity contribution in [2.75, 3.05) is 19.6 Å². The number of carbonyl (C=O) groups excluding carboxylic acids is 1. The Kier molecular flexibility index (Phi) is 5.29. The third-order valence-corrected chi connectivity index (χ3v) is 6.14. The van der Waals surface area contributed by atoms with Crippen LogP contribution in [0.4, 0.5) is 0 Å². The molecule has 1 aromatic carbocycles. The van der Waals surface area contributed by atoms with Crippen molar-refractivity contribution in [2.24, 2.45) is 5.92 Å². The Labute approximate surface area is 162 Å². The van der Waals surface area contributed by atoms with Crippen LogP contribution in [0.3, 0.4) is 0 Å². The lowest BCUT2D eigenvalue weighted by atomic mass is 9.96. The number of thiophene rings is 1. The fraction of sp³-hybridized carbons (Fsp3) is 0.350. The van der Waals surface area contributed by atoms with Crippen molar-refractivity contribution in [3.05, 3.63) is 57.4 Å². The fourth-order valence-corrected chi connectivity index (χ4v) is 4.44. The summed E-state index contributed by atoms with van der Waals surface area (Å²) in [5, 5.41) is 6.89. The molecule has 2 N–H and O–H groups in total. The molecule has 1 fully saturated rings. The first-order valence-electron chi connectivity index (χ1n) is 8.98. The van der Waals surface area contributed by atoms with Crippen molar-refractivity contribution >= 4 is 39.7 Å². The molecule has 4 rings (SSSR count). The highest BCUT2D eigenvalue weighted by atomic mass is 35.5. The first kappa shape index (κ1) is 17.6. The van der Waals surface area contributed by atoms with Gasteiger partial charge in [-0.05, 0) is 61.5 Å². The van der Waals surface area contributed by atoms with Crippen molar-refractivity contribution in [1.29, 1.82) is 0 Å². The summed E-state index contributed by atoms with van der Waals surface area (Å²) in [4.78, 5) is 19.5. The summed E-state index contributed by atoms with van der Waals surface area (Å²) in [5.74, 6) is 0.510. The molecule has 1 saturated heterocycles. The Morgan fingerprint density at radius 2 is 2.12 bits per heavy atom. The molecule has 4 nitrogen and oxygen atoms in total. The zero-order valence-corrected chi connectivity index (χ0v) is 16.1. The van der Waals surface area contributed by atoms with Crippen LogP contribution in [0.15, 0.2) is 41.8 Å². The molecule has 2 aromatic heterocycles. The molecular weight excluding hydrogens is 366 g/mol. The number of H-pyrrole nitrogens is 1. The molecule has 1 amide bonds. The molecule has 1 aliphatic heterocycles. The van der Waals surface area contributed by atoms with Gasteiger partial charge in [-0.2, -0.15) is 0 Å². The second-order valence-corrected chi connectivity index (χ2v) is 8.39. The van der Waals surface area contributed by atoms with Gasteiger partial charge in [-0.15, -0.1) is 11.3 Å². The first-order chi connectivity index (χ1) is 12.7. The van der Waals surface area contributed by atoms with Gasteiger partial charge in [-0.25, -0.2) is 0 Å². The van der Waals surface area contributed by atoms with Crippen LogP contribution >= 0.6 is 22.9 Å². The van der Waals surface area contributed by atoms with E-state index in [2.05, 4.69) is 32.7 Å². The zero-order valence-electron chi connectivity index (χ0n) is 14.5. The third kappa shape index (κ3) is 4.11. The van der Waals surface area contributed by atoms with Crippen molar-refractivity contribution in [1.82, 2.24) is 15.2 Å². The van der Waals surface area contributed by atoms with Gasteiger partial charge in [0, 0.05) is 33.9 Å². The number of amides is 1. The lowest BCUT2D eigenvalue weighted by molar-refractivity contribution is 0.0931. The van der Waals surface area contributed by atoms with Gasteiger partial charge in [0.1, 0.15) is 5.69 Å². The monoisotopic (exact) mass is 387 g/mol. The number of nitrogens with one attached hydrogen (secondary N) is 2. The van der Waals surface area contributed by atoms with Gasteiger partial charge in [-0.3, -0.25) is 9.69 Å². The van der Waals surface area contributed by atoms with E-state index < -0.39 is 0 Å². The van der Waals surface area contributed by atoms with Crippen molar-refractivity contribution in [3.63, 3.8) is 0 Å². The molecule has 0 radical (unpaired) electrons. The van der Waals surface area contributed by atoms with E-state index in [0.29, 0.717) is 16.6 Å². The normalized spacial score (nSPS) is 16.2. The van der Waals surface area contributed by atoms with Crippen LogP contribution in [0.2, 0.25) is 5.02 Å². The molecule has 136 valence electrons. The number of aromatic nitrogens is 1. The van der Waals surface area contributed by atoms with E-state index in [9.17, 15) is 4.79 Å². The number of fused-ring (bicyclic) bond motifs is 1. The molecule has 3 aromatic rings. The van der Waals surface area contributed by atoms with Crippen molar-refractivity contribution in [3.8, 4) is 0 Å². The number of benzene rings is 1. The largest absolute Gasteiger partial charge is 0.350 e.